The second kappa shape index (κ2) is 20.0. The Morgan fingerprint density at radius 2 is 1.67 bits per heavy atom. The number of likely N-dealkylation sites (tertiary alicyclic amines) is 1. The van der Waals surface area contributed by atoms with Crippen LogP contribution in [0.25, 0.3) is 0 Å². The molecule has 4 aromatic rings. The minimum atomic E-state index is -0.974. The summed E-state index contributed by atoms with van der Waals surface area (Å²) in [5, 5.41) is 11.8. The van der Waals surface area contributed by atoms with Crippen LogP contribution < -0.4 is 0 Å². The summed E-state index contributed by atoms with van der Waals surface area (Å²) in [6, 6.07) is 31.6. The first-order valence-corrected chi connectivity index (χ1v) is 20.8. The van der Waals surface area contributed by atoms with Crippen LogP contribution in [0.5, 0.6) is 0 Å². The van der Waals surface area contributed by atoms with Crippen molar-refractivity contribution in [2.45, 2.75) is 109 Å². The predicted octanol–water partition coefficient (Wildman–Crippen LogP) is 9.71. The lowest BCUT2D eigenvalue weighted by molar-refractivity contribution is -0.385. The number of non-ortho nitro benzene ring substituents is 1. The molecule has 0 spiro atoms. The van der Waals surface area contributed by atoms with Gasteiger partial charge in [0.25, 0.3) is 5.69 Å². The molecule has 0 radical (unpaired) electrons. The number of hydrogen-bond acceptors (Lipinski definition) is 9. The van der Waals surface area contributed by atoms with Crippen molar-refractivity contribution < 1.29 is 23.9 Å². The minimum absolute atomic E-state index is 0.0316. The smallest absolute Gasteiger partial charge is 0.342 e. The molecule has 0 bridgehead atoms. The number of aliphatic imine (C=N–C) groups is 1. The standard InChI is InChI=1S/C47H58N4O6/c1-5-42-40(25-17-28-48-42)45(52)57-46-43(49-35(4)55-6-2)33-41(36-19-16-24-39(32-36)51(53)54)44(56-46)34(3)18-10-9-15-29-50-30-26-47(27-31-50,37-20-11-7-12-21-37)38-22-13-8-14-23-38/h7-8,11-14,16-17,19-25,28,32,34,41,43-44,46H,5-6,9-10,15,18,26-27,29-31,33H2,1-4H3. The number of piperidine rings is 1. The van der Waals surface area contributed by atoms with Gasteiger partial charge in [-0.05, 0) is 99.8 Å². The number of rotatable bonds is 16. The summed E-state index contributed by atoms with van der Waals surface area (Å²) in [5.74, 6) is -0.190. The van der Waals surface area contributed by atoms with E-state index in [4.69, 9.17) is 19.2 Å². The van der Waals surface area contributed by atoms with Gasteiger partial charge in [-0.25, -0.2) is 9.79 Å². The summed E-state index contributed by atoms with van der Waals surface area (Å²) in [4.78, 5) is 37.0. The van der Waals surface area contributed by atoms with Crippen LogP contribution in [0.2, 0.25) is 0 Å². The first-order chi connectivity index (χ1) is 27.7. The van der Waals surface area contributed by atoms with Gasteiger partial charge in [0.1, 0.15) is 6.04 Å². The van der Waals surface area contributed by atoms with Gasteiger partial charge >= 0.3 is 5.97 Å². The predicted molar refractivity (Wildman–Crippen MR) is 224 cm³/mol. The van der Waals surface area contributed by atoms with Crippen LogP contribution in [0, 0.1) is 16.0 Å². The number of pyridine rings is 1. The molecule has 302 valence electrons. The highest BCUT2D eigenvalue weighted by atomic mass is 16.7. The number of aromatic nitrogens is 1. The summed E-state index contributed by atoms with van der Waals surface area (Å²) < 4.78 is 18.7. The van der Waals surface area contributed by atoms with Crippen LogP contribution >= 0.6 is 0 Å². The van der Waals surface area contributed by atoms with E-state index < -0.39 is 18.3 Å². The van der Waals surface area contributed by atoms with Gasteiger partial charge in [-0.2, -0.15) is 0 Å². The van der Waals surface area contributed by atoms with E-state index in [0.717, 1.165) is 63.7 Å². The van der Waals surface area contributed by atoms with Crippen molar-refractivity contribution in [2.24, 2.45) is 10.9 Å². The van der Waals surface area contributed by atoms with E-state index in [1.165, 1.54) is 17.2 Å². The maximum atomic E-state index is 13.7. The lowest BCUT2D eigenvalue weighted by Gasteiger charge is -2.43. The van der Waals surface area contributed by atoms with E-state index in [2.05, 4.69) is 77.5 Å². The molecule has 5 atom stereocenters. The number of aryl methyl sites for hydroxylation is 1. The van der Waals surface area contributed by atoms with E-state index in [-0.39, 0.29) is 34.0 Å². The van der Waals surface area contributed by atoms with Gasteiger partial charge in [0.2, 0.25) is 6.29 Å². The van der Waals surface area contributed by atoms with E-state index >= 15 is 0 Å². The Balaban J connectivity index is 1.12. The fourth-order valence-corrected chi connectivity index (χ4v) is 8.90. The first-order valence-electron chi connectivity index (χ1n) is 20.8. The molecule has 0 N–H and O–H groups in total. The number of nitro groups is 1. The van der Waals surface area contributed by atoms with Crippen LogP contribution in [0.15, 0.2) is 108 Å². The average molecular weight is 775 g/mol. The minimum Gasteiger partial charge on any atom is -0.481 e. The molecule has 3 aromatic carbocycles. The van der Waals surface area contributed by atoms with E-state index in [9.17, 15) is 14.9 Å². The molecule has 2 aliphatic heterocycles. The third-order valence-corrected chi connectivity index (χ3v) is 11.9. The van der Waals surface area contributed by atoms with Crippen molar-refractivity contribution in [3.63, 3.8) is 0 Å². The van der Waals surface area contributed by atoms with Crippen LogP contribution in [0.4, 0.5) is 5.69 Å². The third kappa shape index (κ3) is 10.3. The van der Waals surface area contributed by atoms with Crippen molar-refractivity contribution in [1.29, 1.82) is 0 Å². The molecular formula is C47H58N4O6. The Morgan fingerprint density at radius 3 is 2.32 bits per heavy atom. The zero-order valence-electron chi connectivity index (χ0n) is 33.9. The summed E-state index contributed by atoms with van der Waals surface area (Å²) in [5.41, 5.74) is 4.74. The summed E-state index contributed by atoms with van der Waals surface area (Å²) in [6.45, 7) is 11.4. The Morgan fingerprint density at radius 1 is 0.965 bits per heavy atom. The first kappa shape index (κ1) is 41.7. The average Bonchev–Trinajstić information content (AvgIpc) is 3.24. The van der Waals surface area contributed by atoms with Gasteiger partial charge in [-0.15, -0.1) is 0 Å². The maximum absolute atomic E-state index is 13.7. The molecule has 57 heavy (non-hydrogen) atoms. The maximum Gasteiger partial charge on any atom is 0.342 e. The Labute approximate surface area is 337 Å². The van der Waals surface area contributed by atoms with Crippen LogP contribution in [0.3, 0.4) is 0 Å². The van der Waals surface area contributed by atoms with Gasteiger partial charge in [-0.1, -0.05) is 99.5 Å². The molecule has 0 amide bonds. The summed E-state index contributed by atoms with van der Waals surface area (Å²) >= 11 is 0. The fraction of sp³-hybridized carbons (Fsp3) is 0.468. The molecule has 5 unspecified atom stereocenters. The van der Waals surface area contributed by atoms with Gasteiger partial charge in [0.05, 0.1) is 28.9 Å². The Bertz CT molecular complexity index is 1890. The third-order valence-electron chi connectivity index (χ3n) is 11.9. The highest BCUT2D eigenvalue weighted by Crippen LogP contribution is 2.43. The molecule has 1 aromatic heterocycles. The number of nitro benzene ring substituents is 1. The second-order valence-electron chi connectivity index (χ2n) is 15.6. The highest BCUT2D eigenvalue weighted by Gasteiger charge is 2.44. The lowest BCUT2D eigenvalue weighted by Crippen LogP contribution is -2.47. The van der Waals surface area contributed by atoms with Gasteiger partial charge in [0.15, 0.2) is 5.90 Å². The molecular weight excluding hydrogens is 717 g/mol. The van der Waals surface area contributed by atoms with Crippen molar-refractivity contribution >= 4 is 17.6 Å². The SMILES string of the molecule is CCOC(C)=NC1CC(c2cccc([N+](=O)[O-])c2)C(C(C)CCCCCN2CCC(c3ccccc3)(c3ccccc3)CC2)OC1OC(=O)c1cccnc1CC. The molecule has 2 fully saturated rings. The normalized spacial score (nSPS) is 21.7. The number of carbonyl (C=O) groups is 1. The van der Waals surface area contributed by atoms with E-state index in [1.54, 1.807) is 37.4 Å². The quantitative estimate of drug-likeness (QED) is 0.0276. The number of hydrogen-bond donors (Lipinski definition) is 0. The summed E-state index contributed by atoms with van der Waals surface area (Å²) in [7, 11) is 0. The second-order valence-corrected chi connectivity index (χ2v) is 15.6. The molecule has 3 heterocycles. The largest absolute Gasteiger partial charge is 0.481 e. The Kier molecular flexibility index (Phi) is 14.6. The topological polar surface area (TPSA) is 116 Å². The molecule has 2 saturated heterocycles. The number of benzene rings is 3. The number of unbranched alkanes of at least 4 members (excludes halogenated alkanes) is 2. The molecule has 6 rings (SSSR count). The monoisotopic (exact) mass is 774 g/mol. The van der Waals surface area contributed by atoms with Gasteiger partial charge < -0.3 is 19.1 Å². The molecule has 2 aliphatic rings. The molecule has 10 heteroatoms. The molecule has 0 saturated carbocycles. The lowest BCUT2D eigenvalue weighted by atomic mass is 9.68. The van der Waals surface area contributed by atoms with Gasteiger partial charge in [-0.3, -0.25) is 15.1 Å². The molecule has 10 nitrogen and oxygen atoms in total. The van der Waals surface area contributed by atoms with E-state index in [1.807, 2.05) is 19.9 Å². The van der Waals surface area contributed by atoms with Crippen LogP contribution in [-0.4, -0.2) is 71.4 Å². The van der Waals surface area contributed by atoms with Crippen molar-refractivity contribution in [1.82, 2.24) is 9.88 Å². The zero-order chi connectivity index (χ0) is 40.2. The van der Waals surface area contributed by atoms with Gasteiger partial charge in [0, 0.05) is 36.6 Å². The van der Waals surface area contributed by atoms with Crippen molar-refractivity contribution in [2.75, 3.05) is 26.2 Å². The highest BCUT2D eigenvalue weighted by molar-refractivity contribution is 5.90. The number of ether oxygens (including phenoxy) is 3. The van der Waals surface area contributed by atoms with Crippen molar-refractivity contribution in [3.05, 3.63) is 141 Å². The fourth-order valence-electron chi connectivity index (χ4n) is 8.90. The number of nitrogens with zero attached hydrogens (tertiary/aromatic N) is 4. The molecule has 0 aliphatic carbocycles. The Hall–Kier alpha value is -4.93. The zero-order valence-corrected chi connectivity index (χ0v) is 33.9. The number of esters is 1. The van der Waals surface area contributed by atoms with Crippen LogP contribution in [0.1, 0.15) is 111 Å². The van der Waals surface area contributed by atoms with E-state index in [0.29, 0.717) is 36.6 Å². The van der Waals surface area contributed by atoms with Crippen molar-refractivity contribution in [3.8, 4) is 0 Å². The van der Waals surface area contributed by atoms with Crippen LogP contribution in [-0.2, 0) is 26.0 Å². The summed E-state index contributed by atoms with van der Waals surface area (Å²) in [6.07, 6.45) is 7.66. The number of carbonyl (C=O) groups excluding carboxylic acids is 1.